The smallest absolute Gasteiger partial charge is 0.256 e. The molecule has 0 saturated carbocycles. The quantitative estimate of drug-likeness (QED) is 0.879. The molecule has 5 nitrogen and oxygen atoms in total. The summed E-state index contributed by atoms with van der Waals surface area (Å²) in [5.41, 5.74) is -1.55. The largest absolute Gasteiger partial charge is 0.381 e. The average molecular weight is 360 g/mol. The van der Waals surface area contributed by atoms with E-state index in [0.717, 1.165) is 11.3 Å². The molecule has 0 atom stereocenters. The molecule has 1 aromatic heterocycles. The van der Waals surface area contributed by atoms with Crippen molar-refractivity contribution < 1.29 is 18.3 Å². The monoisotopic (exact) mass is 359 g/mol. The van der Waals surface area contributed by atoms with Crippen molar-refractivity contribution in [3.63, 3.8) is 0 Å². The Balaban J connectivity index is 2.32. The number of carbonyl (C=O) groups excluding carboxylic acids is 1. The molecule has 2 aromatic rings. The predicted octanol–water partition coefficient (Wildman–Crippen LogP) is 2.94. The van der Waals surface area contributed by atoms with Gasteiger partial charge in [-0.1, -0.05) is 23.7 Å². The molecule has 0 spiro atoms. The summed E-state index contributed by atoms with van der Waals surface area (Å²) in [5.74, 6) is -0.615. The van der Waals surface area contributed by atoms with Gasteiger partial charge in [0.1, 0.15) is 9.81 Å². The van der Waals surface area contributed by atoms with Crippen LogP contribution in [0.1, 0.15) is 13.8 Å². The van der Waals surface area contributed by atoms with E-state index in [4.69, 9.17) is 11.6 Å². The Labute approximate surface area is 137 Å². The first kappa shape index (κ1) is 17.0. The molecule has 2 rings (SSSR count). The van der Waals surface area contributed by atoms with Gasteiger partial charge in [-0.05, 0) is 38.1 Å². The lowest BCUT2D eigenvalue weighted by Gasteiger charge is -2.15. The fraction of sp³-hybridized carbons (Fsp3) is 0.214. The van der Waals surface area contributed by atoms with Gasteiger partial charge in [-0.2, -0.15) is 0 Å². The van der Waals surface area contributed by atoms with Crippen molar-refractivity contribution in [3.8, 4) is 0 Å². The van der Waals surface area contributed by atoms with Crippen molar-refractivity contribution >= 4 is 43.7 Å². The minimum Gasteiger partial charge on any atom is -0.381 e. The lowest BCUT2D eigenvalue weighted by atomic mass is 10.1. The SMILES string of the molecule is CC(C)(O)C(=O)Nc1ccc(S(=O)(=O)c2ccccc2Cl)s1. The zero-order chi connectivity index (χ0) is 16.5. The van der Waals surface area contributed by atoms with Crippen LogP contribution in [-0.4, -0.2) is 25.0 Å². The number of nitrogens with one attached hydrogen (secondary N) is 1. The Morgan fingerprint density at radius 1 is 1.23 bits per heavy atom. The van der Waals surface area contributed by atoms with Gasteiger partial charge in [0.25, 0.3) is 5.91 Å². The summed E-state index contributed by atoms with van der Waals surface area (Å²) in [7, 11) is -3.75. The topological polar surface area (TPSA) is 83.5 Å². The van der Waals surface area contributed by atoms with Gasteiger partial charge < -0.3 is 10.4 Å². The van der Waals surface area contributed by atoms with Crippen LogP contribution in [0, 0.1) is 0 Å². The minimum absolute atomic E-state index is 0.0129. The molecule has 0 radical (unpaired) electrons. The van der Waals surface area contributed by atoms with E-state index in [0.29, 0.717) is 5.00 Å². The van der Waals surface area contributed by atoms with Gasteiger partial charge in [0.2, 0.25) is 9.84 Å². The molecule has 0 aliphatic carbocycles. The van der Waals surface area contributed by atoms with Crippen LogP contribution in [0.3, 0.4) is 0 Å². The van der Waals surface area contributed by atoms with Crippen LogP contribution >= 0.6 is 22.9 Å². The third-order valence-electron chi connectivity index (χ3n) is 2.76. The van der Waals surface area contributed by atoms with E-state index in [1.807, 2.05) is 0 Å². The lowest BCUT2D eigenvalue weighted by molar-refractivity contribution is -0.130. The fourth-order valence-corrected chi connectivity index (χ4v) is 4.66. The van der Waals surface area contributed by atoms with E-state index >= 15 is 0 Å². The standard InChI is InChI=1S/C14H14ClNO4S2/c1-14(2,18)13(17)16-11-7-8-12(21-11)22(19,20)10-6-4-3-5-9(10)15/h3-8,18H,1-2H3,(H,16,17). The second-order valence-electron chi connectivity index (χ2n) is 5.07. The van der Waals surface area contributed by atoms with Crippen LogP contribution in [0.15, 0.2) is 45.5 Å². The normalized spacial score (nSPS) is 12.2. The highest BCUT2D eigenvalue weighted by molar-refractivity contribution is 7.93. The minimum atomic E-state index is -3.75. The maximum absolute atomic E-state index is 12.5. The number of thiophene rings is 1. The Kier molecular flexibility index (Phi) is 4.62. The van der Waals surface area contributed by atoms with Crippen LogP contribution in [-0.2, 0) is 14.6 Å². The summed E-state index contributed by atoms with van der Waals surface area (Å²) in [6, 6.07) is 9.01. The predicted molar refractivity (Wildman–Crippen MR) is 86.2 cm³/mol. The third kappa shape index (κ3) is 3.49. The first-order chi connectivity index (χ1) is 10.1. The molecular formula is C14H14ClNO4S2. The summed E-state index contributed by atoms with van der Waals surface area (Å²) in [6.45, 7) is 2.69. The van der Waals surface area contributed by atoms with E-state index in [9.17, 15) is 18.3 Å². The van der Waals surface area contributed by atoms with Crippen LogP contribution < -0.4 is 5.32 Å². The molecular weight excluding hydrogens is 346 g/mol. The second kappa shape index (κ2) is 6.00. The van der Waals surface area contributed by atoms with Crippen molar-refractivity contribution in [1.29, 1.82) is 0 Å². The summed E-state index contributed by atoms with van der Waals surface area (Å²) in [4.78, 5) is 11.7. The number of aliphatic hydroxyl groups is 1. The van der Waals surface area contributed by atoms with Crippen molar-refractivity contribution in [2.75, 3.05) is 5.32 Å². The summed E-state index contributed by atoms with van der Waals surface area (Å²) in [6.07, 6.45) is 0. The molecule has 118 valence electrons. The van der Waals surface area contributed by atoms with Crippen LogP contribution in [0.5, 0.6) is 0 Å². The highest BCUT2D eigenvalue weighted by Gasteiger charge is 2.26. The average Bonchev–Trinajstić information content (AvgIpc) is 2.87. The van der Waals surface area contributed by atoms with Crippen LogP contribution in [0.4, 0.5) is 5.00 Å². The number of hydrogen-bond acceptors (Lipinski definition) is 5. The number of hydrogen-bond donors (Lipinski definition) is 2. The molecule has 8 heteroatoms. The highest BCUT2D eigenvalue weighted by Crippen LogP contribution is 2.33. The molecule has 0 aliphatic heterocycles. The summed E-state index contributed by atoms with van der Waals surface area (Å²) in [5, 5.41) is 12.5. The maximum Gasteiger partial charge on any atom is 0.256 e. The van der Waals surface area contributed by atoms with Gasteiger partial charge >= 0.3 is 0 Å². The number of carbonyl (C=O) groups is 1. The molecule has 2 N–H and O–H groups in total. The molecule has 1 heterocycles. The van der Waals surface area contributed by atoms with E-state index in [1.54, 1.807) is 12.1 Å². The lowest BCUT2D eigenvalue weighted by Crippen LogP contribution is -2.36. The zero-order valence-corrected chi connectivity index (χ0v) is 14.2. The Morgan fingerprint density at radius 2 is 1.86 bits per heavy atom. The number of anilines is 1. The Morgan fingerprint density at radius 3 is 2.45 bits per heavy atom. The summed E-state index contributed by atoms with van der Waals surface area (Å²) >= 11 is 6.83. The van der Waals surface area contributed by atoms with E-state index in [-0.39, 0.29) is 14.1 Å². The molecule has 0 unspecified atom stereocenters. The van der Waals surface area contributed by atoms with Crippen LogP contribution in [0.2, 0.25) is 5.02 Å². The maximum atomic E-state index is 12.5. The molecule has 1 amide bonds. The molecule has 1 aromatic carbocycles. The van der Waals surface area contributed by atoms with Gasteiger partial charge in [0.15, 0.2) is 0 Å². The zero-order valence-electron chi connectivity index (χ0n) is 11.8. The highest BCUT2D eigenvalue weighted by atomic mass is 35.5. The van der Waals surface area contributed by atoms with Gasteiger partial charge in [-0.3, -0.25) is 4.79 Å². The summed E-state index contributed by atoms with van der Waals surface area (Å²) < 4.78 is 25.1. The number of benzene rings is 1. The van der Waals surface area contributed by atoms with Crippen molar-refractivity contribution in [2.24, 2.45) is 0 Å². The molecule has 0 fully saturated rings. The van der Waals surface area contributed by atoms with Gasteiger partial charge in [0, 0.05) is 0 Å². The van der Waals surface area contributed by atoms with Gasteiger partial charge in [-0.25, -0.2) is 8.42 Å². The first-order valence-corrected chi connectivity index (χ1v) is 8.93. The molecule has 22 heavy (non-hydrogen) atoms. The van der Waals surface area contributed by atoms with Gasteiger partial charge in [0.05, 0.1) is 14.9 Å². The molecule has 0 saturated heterocycles. The van der Waals surface area contributed by atoms with E-state index in [2.05, 4.69) is 5.32 Å². The van der Waals surface area contributed by atoms with Gasteiger partial charge in [-0.15, -0.1) is 11.3 Å². The fourth-order valence-electron chi connectivity index (χ4n) is 1.57. The molecule has 0 bridgehead atoms. The van der Waals surface area contributed by atoms with Crippen LogP contribution in [0.25, 0.3) is 0 Å². The van der Waals surface area contributed by atoms with Crippen molar-refractivity contribution in [2.45, 2.75) is 28.6 Å². The molecule has 0 aliphatic rings. The number of amides is 1. The second-order valence-corrected chi connectivity index (χ2v) is 8.70. The Hall–Kier alpha value is -1.41. The van der Waals surface area contributed by atoms with E-state index in [1.165, 1.54) is 38.1 Å². The third-order valence-corrected chi connectivity index (χ3v) is 6.51. The van der Waals surface area contributed by atoms with Crippen molar-refractivity contribution in [3.05, 3.63) is 41.4 Å². The number of sulfone groups is 1. The number of halogens is 1. The number of rotatable bonds is 4. The van der Waals surface area contributed by atoms with Crippen molar-refractivity contribution in [1.82, 2.24) is 0 Å². The first-order valence-electron chi connectivity index (χ1n) is 6.25. The Bertz CT molecular complexity index is 806. The van der Waals surface area contributed by atoms with E-state index < -0.39 is 21.3 Å².